The van der Waals surface area contributed by atoms with Crippen LogP contribution in [0, 0.1) is 17.3 Å². The van der Waals surface area contributed by atoms with Crippen molar-refractivity contribution in [3.05, 3.63) is 33.8 Å². The normalized spacial score (nSPS) is 31.0. The van der Waals surface area contributed by atoms with E-state index in [0.717, 1.165) is 12.0 Å². The summed E-state index contributed by atoms with van der Waals surface area (Å²) in [6.07, 6.45) is 6.36. The average molecular weight is 325 g/mol. The Kier molecular flexibility index (Phi) is 3.98. The number of benzene rings is 1. The van der Waals surface area contributed by atoms with Crippen molar-refractivity contribution in [3.63, 3.8) is 0 Å². The van der Waals surface area contributed by atoms with Gasteiger partial charge in [0.1, 0.15) is 0 Å². The van der Waals surface area contributed by atoms with E-state index in [9.17, 15) is 4.79 Å². The SMILES string of the molecule is CC12CCCCC1C2C(=O)N/N=C/c1ccc(Cl)cc1Cl. The maximum atomic E-state index is 12.2. The number of hydrazone groups is 1. The van der Waals surface area contributed by atoms with Crippen LogP contribution in [-0.2, 0) is 4.79 Å². The lowest BCUT2D eigenvalue weighted by atomic mass is 9.90. The van der Waals surface area contributed by atoms with Crippen LogP contribution in [0.1, 0.15) is 38.2 Å². The number of halogens is 2. The summed E-state index contributed by atoms with van der Waals surface area (Å²) in [5, 5.41) is 5.13. The maximum Gasteiger partial charge on any atom is 0.244 e. The number of hydrogen-bond donors (Lipinski definition) is 1. The van der Waals surface area contributed by atoms with Crippen LogP contribution < -0.4 is 5.43 Å². The molecule has 0 saturated heterocycles. The molecule has 3 atom stereocenters. The van der Waals surface area contributed by atoms with Gasteiger partial charge in [-0.3, -0.25) is 4.79 Å². The molecule has 1 aromatic carbocycles. The third kappa shape index (κ3) is 2.82. The highest BCUT2D eigenvalue weighted by Gasteiger charge is 2.64. The average Bonchev–Trinajstić information content (AvgIpc) is 3.07. The molecule has 1 amide bonds. The van der Waals surface area contributed by atoms with E-state index in [1.54, 1.807) is 24.4 Å². The summed E-state index contributed by atoms with van der Waals surface area (Å²) in [7, 11) is 0. The molecular weight excluding hydrogens is 307 g/mol. The minimum atomic E-state index is 0.0331. The van der Waals surface area contributed by atoms with Gasteiger partial charge in [-0.05, 0) is 36.3 Å². The van der Waals surface area contributed by atoms with E-state index in [-0.39, 0.29) is 17.2 Å². The van der Waals surface area contributed by atoms with Crippen LogP contribution in [0.3, 0.4) is 0 Å². The van der Waals surface area contributed by atoms with E-state index in [0.29, 0.717) is 16.0 Å². The topological polar surface area (TPSA) is 41.5 Å². The predicted molar refractivity (Wildman–Crippen MR) is 85.8 cm³/mol. The third-order valence-corrected chi connectivity index (χ3v) is 5.52. The van der Waals surface area contributed by atoms with Gasteiger partial charge < -0.3 is 0 Å². The lowest BCUT2D eigenvalue weighted by molar-refractivity contribution is -0.123. The van der Waals surface area contributed by atoms with Gasteiger partial charge in [-0.25, -0.2) is 5.43 Å². The smallest absolute Gasteiger partial charge is 0.244 e. The summed E-state index contributed by atoms with van der Waals surface area (Å²) >= 11 is 11.9. The van der Waals surface area contributed by atoms with Crippen molar-refractivity contribution in [1.82, 2.24) is 5.43 Å². The third-order valence-electron chi connectivity index (χ3n) is 4.95. The Morgan fingerprint density at radius 2 is 2.24 bits per heavy atom. The van der Waals surface area contributed by atoms with Gasteiger partial charge in [0.15, 0.2) is 0 Å². The number of nitrogens with one attached hydrogen (secondary N) is 1. The minimum Gasteiger partial charge on any atom is -0.273 e. The minimum absolute atomic E-state index is 0.0331. The van der Waals surface area contributed by atoms with Crippen LogP contribution in [0.5, 0.6) is 0 Å². The van der Waals surface area contributed by atoms with Gasteiger partial charge in [-0.15, -0.1) is 0 Å². The highest BCUT2D eigenvalue weighted by molar-refractivity contribution is 6.36. The Morgan fingerprint density at radius 3 is 2.90 bits per heavy atom. The highest BCUT2D eigenvalue weighted by Crippen LogP contribution is 2.66. The first-order chi connectivity index (χ1) is 10.0. The van der Waals surface area contributed by atoms with E-state index >= 15 is 0 Å². The van der Waals surface area contributed by atoms with Crippen molar-refractivity contribution in [3.8, 4) is 0 Å². The molecule has 0 spiro atoms. The van der Waals surface area contributed by atoms with E-state index < -0.39 is 0 Å². The number of carbonyl (C=O) groups excluding carboxylic acids is 1. The first-order valence-corrected chi connectivity index (χ1v) is 8.06. The van der Waals surface area contributed by atoms with Gasteiger partial charge in [-0.1, -0.05) is 49.0 Å². The Morgan fingerprint density at radius 1 is 1.43 bits per heavy atom. The molecular formula is C16H18Cl2N2O. The van der Waals surface area contributed by atoms with Gasteiger partial charge in [0.05, 0.1) is 11.2 Å². The second-order valence-electron chi connectivity index (χ2n) is 6.24. The molecule has 0 aliphatic heterocycles. The second kappa shape index (κ2) is 5.62. The van der Waals surface area contributed by atoms with Crippen molar-refractivity contribution in [2.75, 3.05) is 0 Å². The molecule has 3 unspecified atom stereocenters. The Hall–Kier alpha value is -1.06. The fourth-order valence-corrected chi connectivity index (χ4v) is 4.15. The number of amides is 1. The molecule has 2 aliphatic carbocycles. The molecule has 2 saturated carbocycles. The van der Waals surface area contributed by atoms with Crippen LogP contribution in [0.25, 0.3) is 0 Å². The van der Waals surface area contributed by atoms with Crippen LogP contribution in [0.4, 0.5) is 0 Å². The fraction of sp³-hybridized carbons (Fsp3) is 0.500. The van der Waals surface area contributed by atoms with Gasteiger partial charge >= 0.3 is 0 Å². The molecule has 0 radical (unpaired) electrons. The van der Waals surface area contributed by atoms with Gasteiger partial charge in [-0.2, -0.15) is 5.10 Å². The second-order valence-corrected chi connectivity index (χ2v) is 7.08. The molecule has 1 N–H and O–H groups in total. The van der Waals surface area contributed by atoms with Crippen molar-refractivity contribution in [2.45, 2.75) is 32.6 Å². The van der Waals surface area contributed by atoms with Crippen molar-refractivity contribution in [2.24, 2.45) is 22.4 Å². The Labute approximate surface area is 134 Å². The summed E-state index contributed by atoms with van der Waals surface area (Å²) in [5.74, 6) is 0.698. The number of rotatable bonds is 3. The molecule has 112 valence electrons. The summed E-state index contributed by atoms with van der Waals surface area (Å²) in [4.78, 5) is 12.2. The number of nitrogens with zero attached hydrogens (tertiary/aromatic N) is 1. The monoisotopic (exact) mass is 324 g/mol. The summed E-state index contributed by atoms with van der Waals surface area (Å²) in [6, 6.07) is 5.18. The largest absolute Gasteiger partial charge is 0.273 e. The zero-order valence-electron chi connectivity index (χ0n) is 11.9. The standard InChI is InChI=1S/C16H18Cl2N2O/c1-16-7-3-2-4-12(16)14(16)15(21)20-19-9-10-5-6-11(17)8-13(10)18/h5-6,8-9,12,14H,2-4,7H2,1H3,(H,20,21)/b19-9+. The first-order valence-electron chi connectivity index (χ1n) is 7.30. The zero-order chi connectivity index (χ0) is 15.0. The van der Waals surface area contributed by atoms with Crippen molar-refractivity contribution in [1.29, 1.82) is 0 Å². The van der Waals surface area contributed by atoms with Gasteiger partial charge in [0.25, 0.3) is 0 Å². The molecule has 2 aliphatic rings. The van der Waals surface area contributed by atoms with Crippen molar-refractivity contribution >= 4 is 35.3 Å². The Bertz CT molecular complexity index is 602. The van der Waals surface area contributed by atoms with E-state index in [2.05, 4.69) is 17.5 Å². The van der Waals surface area contributed by atoms with E-state index in [4.69, 9.17) is 23.2 Å². The molecule has 0 aromatic heterocycles. The molecule has 21 heavy (non-hydrogen) atoms. The maximum absolute atomic E-state index is 12.2. The molecule has 3 nitrogen and oxygen atoms in total. The zero-order valence-corrected chi connectivity index (χ0v) is 13.4. The summed E-state index contributed by atoms with van der Waals surface area (Å²) < 4.78 is 0. The summed E-state index contributed by atoms with van der Waals surface area (Å²) in [5.41, 5.74) is 3.60. The molecule has 1 aromatic rings. The fourth-order valence-electron chi connectivity index (χ4n) is 3.69. The number of fused-ring (bicyclic) bond motifs is 1. The number of carbonyl (C=O) groups is 1. The predicted octanol–water partition coefficient (Wildman–Crippen LogP) is 4.27. The molecule has 5 heteroatoms. The van der Waals surface area contributed by atoms with E-state index in [1.165, 1.54) is 19.3 Å². The van der Waals surface area contributed by atoms with Gasteiger partial charge in [0.2, 0.25) is 5.91 Å². The number of hydrogen-bond acceptors (Lipinski definition) is 2. The highest BCUT2D eigenvalue weighted by atomic mass is 35.5. The first kappa shape index (κ1) is 14.9. The molecule has 0 bridgehead atoms. The van der Waals surface area contributed by atoms with Gasteiger partial charge in [0, 0.05) is 16.5 Å². The summed E-state index contributed by atoms with van der Waals surface area (Å²) in [6.45, 7) is 2.22. The van der Waals surface area contributed by atoms with Crippen LogP contribution >= 0.6 is 23.2 Å². The molecule has 3 rings (SSSR count). The van der Waals surface area contributed by atoms with Crippen LogP contribution in [-0.4, -0.2) is 12.1 Å². The van der Waals surface area contributed by atoms with E-state index in [1.807, 2.05) is 0 Å². The van der Waals surface area contributed by atoms with Crippen LogP contribution in [0.2, 0.25) is 10.0 Å². The lowest BCUT2D eigenvalue weighted by Crippen LogP contribution is -2.22. The van der Waals surface area contributed by atoms with Crippen molar-refractivity contribution < 1.29 is 4.79 Å². The van der Waals surface area contributed by atoms with Crippen LogP contribution in [0.15, 0.2) is 23.3 Å². The quantitative estimate of drug-likeness (QED) is 0.654. The Balaban J connectivity index is 1.60. The molecule has 2 fully saturated rings. The molecule has 0 heterocycles. The lowest BCUT2D eigenvalue weighted by Gasteiger charge is -2.15.